The minimum atomic E-state index is -1.87. The molecule has 592 valence electrons. The van der Waals surface area contributed by atoms with E-state index in [-0.39, 0.29) is 102 Å². The molecular weight excluding hydrogens is 1460 g/mol. The minimum Gasteiger partial charge on any atom is -0.844 e. The number of nitrogens with zero attached hydrogens (tertiary/aromatic N) is 1. The van der Waals surface area contributed by atoms with Crippen LogP contribution in [0.3, 0.4) is 0 Å². The zero-order chi connectivity index (χ0) is 75.2. The molecule has 11 heterocycles. The number of aliphatic hydroxyl groups excluding tert-OH is 3. The zero-order valence-electron chi connectivity index (χ0n) is 61.6. The topological polar surface area (TPSA) is 413 Å². The number of hydrogen-bond donors (Lipinski definition) is 4. The Labute approximate surface area is 638 Å². The van der Waals surface area contributed by atoms with E-state index >= 15 is 0 Å². The maximum atomic E-state index is 14.3. The quantitative estimate of drug-likeness (QED) is 0.0428. The van der Waals surface area contributed by atoms with E-state index in [0.29, 0.717) is 0 Å². The minimum absolute atomic E-state index is 0. The molecule has 2 spiro atoms. The number of methoxy groups -OCH3 is 7. The second-order valence-electron chi connectivity index (χ2n) is 28.7. The Kier molecular flexibility index (Phi) is 26.6. The summed E-state index contributed by atoms with van der Waals surface area (Å²) in [6, 6.07) is 0. The molecule has 0 bridgehead atoms. The zero-order valence-corrected chi connectivity index (χ0v) is 65.1. The molecule has 105 heavy (non-hydrogen) atoms. The molecule has 1 aromatic rings. The number of rotatable bonds is 22. The molecule has 11 aliphatic rings. The maximum Gasteiger partial charge on any atom is 1.00 e. The first-order chi connectivity index (χ1) is 49.3. The van der Waals surface area contributed by atoms with Gasteiger partial charge < -0.3 is 153 Å². The van der Waals surface area contributed by atoms with Gasteiger partial charge in [0, 0.05) is 80.1 Å². The average molecular weight is 1560 g/mol. The van der Waals surface area contributed by atoms with E-state index in [1.807, 2.05) is 0 Å². The van der Waals surface area contributed by atoms with Gasteiger partial charge in [0.2, 0.25) is 0 Å². The van der Waals surface area contributed by atoms with Gasteiger partial charge in [0.1, 0.15) is 102 Å². The summed E-state index contributed by atoms with van der Waals surface area (Å²) in [4.78, 5) is 26.5. The summed E-state index contributed by atoms with van der Waals surface area (Å²) in [6.45, 7) is 13.7. The molecule has 0 aliphatic carbocycles. The van der Waals surface area contributed by atoms with Crippen LogP contribution in [0, 0.1) is 17.0 Å². The van der Waals surface area contributed by atoms with E-state index in [1.54, 1.807) is 48.5 Å². The number of nitro groups is 1. The van der Waals surface area contributed by atoms with Crippen molar-refractivity contribution in [2.45, 2.75) is 301 Å². The summed E-state index contributed by atoms with van der Waals surface area (Å²) in [5, 5.41) is 73.5. The second-order valence-corrected chi connectivity index (χ2v) is 29.5. The van der Waals surface area contributed by atoms with Crippen molar-refractivity contribution in [3.8, 4) is 11.5 Å². The molecule has 1 unspecified atom stereocenters. The van der Waals surface area contributed by atoms with Crippen LogP contribution in [0.1, 0.15) is 97.0 Å². The van der Waals surface area contributed by atoms with Crippen molar-refractivity contribution in [1.29, 1.82) is 0 Å². The second kappa shape index (κ2) is 33.3. The molecule has 39 heteroatoms. The monoisotopic (exact) mass is 1560 g/mol. The van der Waals surface area contributed by atoms with E-state index in [0.717, 1.165) is 0 Å². The third-order valence-corrected chi connectivity index (χ3v) is 22.8. The summed E-state index contributed by atoms with van der Waals surface area (Å²) >= 11 is 12.8. The molecule has 36 nitrogen and oxygen atoms in total. The standard InChI is InChI=1S/C66H98Cl2NO35.Na/c1-25-39(50(81-13)41(68)42(71)40(25)67)58(74)97-46-26(2)89-36(17-33(46)93-37-19-62(8,69(76)77)54(84-16)29(5)90-37)95-45-28(4)100-65(18-32(45)70)103-55-30(6)91-38(20-63(55,9)104-65)96-51-44(73)59(92-27(3)47(51)80-12)98-48-34(21-78-10)94-61(52(82-14)43(48)72)99-60-53(83-15)49-35(22-85-60)101-66(102-49)57-56(86-24-87-57)64(75,23-88-66)31(7)79-11;/h26-38,43-49,51-57,59-61,70-73H,17-24H2,1-16H3;/q-1;+1/t26-,27-,28-,29+,30-,31-,32-,33-,34-,35+,36+,37-,38+,43+,44-,45-,46-,47+,48-,49-,51-,52+,53-,54+,55-,56-,57-,59+,60+,61+,62+,63-,64-,65-,66?;/m1./s1. The van der Waals surface area contributed by atoms with E-state index in [9.17, 15) is 40.4 Å². The molecule has 0 radical (unpaired) electrons. The van der Waals surface area contributed by atoms with Crippen LogP contribution < -0.4 is 39.4 Å². The van der Waals surface area contributed by atoms with Crippen LogP contribution in [-0.2, 0) is 123 Å². The van der Waals surface area contributed by atoms with Gasteiger partial charge in [-0.25, -0.2) is 4.79 Å². The number of phenolic OH excluding ortho intramolecular Hbond substituents is 1. The van der Waals surface area contributed by atoms with Crippen molar-refractivity contribution in [1.82, 2.24) is 0 Å². The number of benzene rings is 1. The van der Waals surface area contributed by atoms with Crippen LogP contribution in [-0.4, -0.2) is 321 Å². The van der Waals surface area contributed by atoms with Gasteiger partial charge in [-0.2, -0.15) is 0 Å². The largest absolute Gasteiger partial charge is 1.00 e. The molecule has 11 saturated heterocycles. The fourth-order valence-corrected chi connectivity index (χ4v) is 17.1. The fourth-order valence-electron chi connectivity index (χ4n) is 16.6. The van der Waals surface area contributed by atoms with E-state index in [4.69, 9.17) is 151 Å². The van der Waals surface area contributed by atoms with Crippen molar-refractivity contribution in [3.05, 3.63) is 31.3 Å². The predicted octanol–water partition coefficient (Wildman–Crippen LogP) is -1.86. The SMILES string of the molecule is COC[C@H]1O[C@@H](O[C@@H]2OC[C@@H]3OC4(OC[C@@]([O-])([C@@H](C)OC)[C@@H]5OCO[C@H]54)O[C@H]3[C@H]2OC)[C@@H](OC)[C@@H](O)[C@@H]1O[C@@H]1O[C@H](C)[C@H](OC)[C@H](O[C@H]2C[C@@]3(C)O[C@@]4(C[C@@H](O)[C@H](O[C@H]5C[C@@H](O[C@@H]6C[C@](C)([N+](=O)[O-])[C@@H](OC)[C@H](C)O6)[C@H](OC(=O)c6c(C)c(Cl)c(O)c(Cl)c6OC)[C@@H](C)O5)[C@@H](C)O4)O[C@@H]3[C@@H](C)O2)[C@H]1O.[Na+]. The van der Waals surface area contributed by atoms with Crippen molar-refractivity contribution in [2.75, 3.05) is 76.4 Å². The third-order valence-electron chi connectivity index (χ3n) is 22.0. The number of aromatic hydroxyl groups is 1. The van der Waals surface area contributed by atoms with Gasteiger partial charge in [0.15, 0.2) is 67.6 Å². The average Bonchev–Trinajstić information content (AvgIpc) is 1.57. The molecular formula is C66H98Cl2NNaO35. The molecule has 12 rings (SSSR count). The Balaban J connectivity index is 0.0000110. The molecule has 0 amide bonds. The van der Waals surface area contributed by atoms with Gasteiger partial charge in [0.05, 0.1) is 80.9 Å². The van der Waals surface area contributed by atoms with Crippen LogP contribution in [0.5, 0.6) is 11.5 Å². The molecule has 4 N–H and O–H groups in total. The van der Waals surface area contributed by atoms with Gasteiger partial charge in [-0.05, 0) is 66.6 Å². The van der Waals surface area contributed by atoms with Crippen LogP contribution in [0.15, 0.2) is 0 Å². The van der Waals surface area contributed by atoms with Crippen LogP contribution in [0.25, 0.3) is 0 Å². The number of ether oxygens (including phenoxy) is 27. The van der Waals surface area contributed by atoms with Gasteiger partial charge in [-0.15, -0.1) is 0 Å². The Bertz CT molecular complexity index is 3150. The summed E-state index contributed by atoms with van der Waals surface area (Å²) in [7, 11) is 9.61. The number of esters is 1. The van der Waals surface area contributed by atoms with Crippen molar-refractivity contribution >= 4 is 29.2 Å². The summed E-state index contributed by atoms with van der Waals surface area (Å²) in [5.74, 6) is -5.44. The normalized spacial score (nSPS) is 47.9. The van der Waals surface area contributed by atoms with Crippen LogP contribution in [0.4, 0.5) is 0 Å². The summed E-state index contributed by atoms with van der Waals surface area (Å²) < 4.78 is 167. The van der Waals surface area contributed by atoms with Gasteiger partial charge in [0.25, 0.3) is 11.5 Å². The smallest absolute Gasteiger partial charge is 0.844 e. The number of aliphatic hydroxyl groups is 3. The third kappa shape index (κ3) is 15.6. The Hall–Kier alpha value is -1.89. The van der Waals surface area contributed by atoms with Gasteiger partial charge >= 0.3 is 41.5 Å². The summed E-state index contributed by atoms with van der Waals surface area (Å²) in [6.07, 6.45) is -34.3. The fraction of sp³-hybridized carbons (Fsp3) is 0.894. The first kappa shape index (κ1) is 84.0. The first-order valence-corrected chi connectivity index (χ1v) is 35.5. The number of hydrogen-bond acceptors (Lipinski definition) is 35. The van der Waals surface area contributed by atoms with Crippen LogP contribution >= 0.6 is 23.2 Å². The predicted molar refractivity (Wildman–Crippen MR) is 342 cm³/mol. The Morgan fingerprint density at radius 2 is 1.33 bits per heavy atom. The van der Waals surface area contributed by atoms with E-state index < -0.39 is 236 Å². The number of phenols is 1. The Morgan fingerprint density at radius 3 is 1.99 bits per heavy atom. The van der Waals surface area contributed by atoms with Crippen molar-refractivity contribution in [2.24, 2.45) is 0 Å². The number of fused-ring (bicyclic) bond motifs is 4. The number of carbonyl (C=O) groups is 1. The van der Waals surface area contributed by atoms with Gasteiger partial charge in [-0.1, -0.05) is 23.2 Å². The first-order valence-electron chi connectivity index (χ1n) is 34.7. The molecule has 0 saturated carbocycles. The molecule has 35 atom stereocenters. The van der Waals surface area contributed by atoms with Crippen molar-refractivity contribution < 1.29 is 193 Å². The molecule has 1 aromatic carbocycles. The van der Waals surface area contributed by atoms with Gasteiger partial charge in [-0.3, -0.25) is 10.1 Å². The molecule has 11 aliphatic heterocycles. The maximum absolute atomic E-state index is 14.3. The number of halogens is 2. The Morgan fingerprint density at radius 1 is 0.667 bits per heavy atom. The number of carbonyl (C=O) groups excluding carboxylic acids is 1. The van der Waals surface area contributed by atoms with E-state index in [2.05, 4.69) is 0 Å². The van der Waals surface area contributed by atoms with Crippen molar-refractivity contribution in [3.63, 3.8) is 0 Å². The summed E-state index contributed by atoms with van der Waals surface area (Å²) in [5.41, 5.74) is -4.87. The molecule has 11 fully saturated rings. The van der Waals surface area contributed by atoms with E-state index in [1.165, 1.54) is 63.6 Å². The molecule has 0 aromatic heterocycles. The van der Waals surface area contributed by atoms with Crippen LogP contribution in [0.2, 0.25) is 10.0 Å².